The SMILES string of the molecule is CCn1ncnc1COc1cncc(Br)c1. The predicted molar refractivity (Wildman–Crippen MR) is 62.0 cm³/mol. The number of nitrogens with zero attached hydrogens (tertiary/aromatic N) is 4. The van der Waals surface area contributed by atoms with E-state index in [1.807, 2.05) is 13.0 Å². The molecule has 0 bridgehead atoms. The molecule has 2 aromatic heterocycles. The highest BCUT2D eigenvalue weighted by Gasteiger charge is 2.03. The molecule has 0 aliphatic carbocycles. The quantitative estimate of drug-likeness (QED) is 0.861. The first-order valence-corrected chi connectivity index (χ1v) is 5.69. The topological polar surface area (TPSA) is 52.8 Å². The van der Waals surface area contributed by atoms with E-state index >= 15 is 0 Å². The molecule has 0 aliphatic rings. The third-order valence-corrected chi connectivity index (χ3v) is 2.48. The minimum Gasteiger partial charge on any atom is -0.484 e. The van der Waals surface area contributed by atoms with Gasteiger partial charge in [-0.15, -0.1) is 0 Å². The lowest BCUT2D eigenvalue weighted by Crippen LogP contribution is -2.07. The van der Waals surface area contributed by atoms with Crippen molar-refractivity contribution in [2.24, 2.45) is 0 Å². The number of hydrogen-bond donors (Lipinski definition) is 0. The van der Waals surface area contributed by atoms with Crippen molar-refractivity contribution in [3.8, 4) is 5.75 Å². The Kier molecular flexibility index (Phi) is 3.51. The van der Waals surface area contributed by atoms with Gasteiger partial charge in [0.05, 0.1) is 6.20 Å². The zero-order valence-corrected chi connectivity index (χ0v) is 10.4. The first-order chi connectivity index (χ1) is 7.79. The van der Waals surface area contributed by atoms with Crippen LogP contribution in [0.15, 0.2) is 29.3 Å². The lowest BCUT2D eigenvalue weighted by atomic mass is 10.4. The molecule has 6 heteroatoms. The predicted octanol–water partition coefficient (Wildman–Crippen LogP) is 2.03. The molecule has 0 saturated heterocycles. The van der Waals surface area contributed by atoms with Crippen molar-refractivity contribution in [3.63, 3.8) is 0 Å². The molecular formula is C10H11BrN4O. The standard InChI is InChI=1S/C10H11BrN4O/c1-2-15-10(13-7-14-15)6-16-9-3-8(11)4-12-5-9/h3-5,7H,2,6H2,1H3. The third kappa shape index (κ3) is 2.57. The Labute approximate surface area is 102 Å². The first-order valence-electron chi connectivity index (χ1n) is 4.89. The summed E-state index contributed by atoms with van der Waals surface area (Å²) in [4.78, 5) is 8.13. The van der Waals surface area contributed by atoms with Gasteiger partial charge in [0.1, 0.15) is 18.7 Å². The average Bonchev–Trinajstić information content (AvgIpc) is 2.74. The number of halogens is 1. The van der Waals surface area contributed by atoms with Crippen molar-refractivity contribution in [1.82, 2.24) is 19.7 Å². The maximum absolute atomic E-state index is 5.56. The highest BCUT2D eigenvalue weighted by Crippen LogP contribution is 2.16. The molecule has 2 heterocycles. The summed E-state index contributed by atoms with van der Waals surface area (Å²) >= 11 is 3.33. The van der Waals surface area contributed by atoms with Crippen LogP contribution in [0.3, 0.4) is 0 Å². The van der Waals surface area contributed by atoms with Gasteiger partial charge < -0.3 is 4.74 Å². The van der Waals surface area contributed by atoms with E-state index < -0.39 is 0 Å². The van der Waals surface area contributed by atoms with Gasteiger partial charge in [-0.25, -0.2) is 9.67 Å². The Morgan fingerprint density at radius 2 is 2.31 bits per heavy atom. The molecular weight excluding hydrogens is 272 g/mol. The summed E-state index contributed by atoms with van der Waals surface area (Å²) in [6, 6.07) is 1.86. The summed E-state index contributed by atoms with van der Waals surface area (Å²) in [5.74, 6) is 1.52. The Hall–Kier alpha value is -1.43. The zero-order valence-electron chi connectivity index (χ0n) is 8.80. The van der Waals surface area contributed by atoms with E-state index in [4.69, 9.17) is 4.74 Å². The van der Waals surface area contributed by atoms with Crippen LogP contribution in [-0.2, 0) is 13.2 Å². The molecule has 0 radical (unpaired) electrons. The van der Waals surface area contributed by atoms with E-state index in [-0.39, 0.29) is 0 Å². The normalized spacial score (nSPS) is 10.4. The highest BCUT2D eigenvalue weighted by atomic mass is 79.9. The van der Waals surface area contributed by atoms with Crippen LogP contribution < -0.4 is 4.74 Å². The lowest BCUT2D eigenvalue weighted by molar-refractivity contribution is 0.286. The minimum atomic E-state index is 0.395. The summed E-state index contributed by atoms with van der Waals surface area (Å²) in [7, 11) is 0. The summed E-state index contributed by atoms with van der Waals surface area (Å²) < 4.78 is 8.25. The minimum absolute atomic E-state index is 0.395. The van der Waals surface area contributed by atoms with Crippen LogP contribution in [0.2, 0.25) is 0 Å². The Morgan fingerprint density at radius 3 is 3.06 bits per heavy atom. The first kappa shape index (κ1) is 11.1. The number of ether oxygens (including phenoxy) is 1. The number of rotatable bonds is 4. The molecule has 0 N–H and O–H groups in total. The molecule has 0 amide bonds. The van der Waals surface area contributed by atoms with Crippen molar-refractivity contribution in [2.75, 3.05) is 0 Å². The molecule has 2 aromatic rings. The van der Waals surface area contributed by atoms with Crippen LogP contribution in [0.5, 0.6) is 5.75 Å². The molecule has 84 valence electrons. The van der Waals surface area contributed by atoms with Gasteiger partial charge in [0.15, 0.2) is 5.82 Å². The van der Waals surface area contributed by atoms with Gasteiger partial charge in [-0.3, -0.25) is 4.98 Å². The van der Waals surface area contributed by atoms with Crippen LogP contribution in [0.25, 0.3) is 0 Å². The second-order valence-electron chi connectivity index (χ2n) is 3.12. The molecule has 2 rings (SSSR count). The van der Waals surface area contributed by atoms with Gasteiger partial charge in [0, 0.05) is 17.2 Å². The van der Waals surface area contributed by atoms with Crippen LogP contribution >= 0.6 is 15.9 Å². The summed E-state index contributed by atoms with van der Waals surface area (Å²) in [5.41, 5.74) is 0. The van der Waals surface area contributed by atoms with Crippen molar-refractivity contribution in [1.29, 1.82) is 0 Å². The molecule has 0 aromatic carbocycles. The molecule has 0 aliphatic heterocycles. The number of aromatic nitrogens is 4. The fraction of sp³-hybridized carbons (Fsp3) is 0.300. The van der Waals surface area contributed by atoms with Crippen LogP contribution in [0.1, 0.15) is 12.7 Å². The van der Waals surface area contributed by atoms with Gasteiger partial charge >= 0.3 is 0 Å². The van der Waals surface area contributed by atoms with E-state index in [1.54, 1.807) is 17.1 Å². The van der Waals surface area contributed by atoms with Crippen molar-refractivity contribution in [2.45, 2.75) is 20.1 Å². The third-order valence-electron chi connectivity index (χ3n) is 2.04. The van der Waals surface area contributed by atoms with Gasteiger partial charge in [-0.05, 0) is 28.9 Å². The number of pyridine rings is 1. The number of aryl methyl sites for hydroxylation is 1. The number of hydrogen-bond acceptors (Lipinski definition) is 4. The van der Waals surface area contributed by atoms with Crippen molar-refractivity contribution < 1.29 is 4.74 Å². The monoisotopic (exact) mass is 282 g/mol. The molecule has 5 nitrogen and oxygen atoms in total. The van der Waals surface area contributed by atoms with Gasteiger partial charge in [-0.1, -0.05) is 0 Å². The summed E-state index contributed by atoms with van der Waals surface area (Å²) in [5, 5.41) is 4.07. The van der Waals surface area contributed by atoms with E-state index in [9.17, 15) is 0 Å². The highest BCUT2D eigenvalue weighted by molar-refractivity contribution is 9.10. The van der Waals surface area contributed by atoms with E-state index in [2.05, 4.69) is 31.0 Å². The summed E-state index contributed by atoms with van der Waals surface area (Å²) in [6.45, 7) is 3.19. The second-order valence-corrected chi connectivity index (χ2v) is 4.04. The second kappa shape index (κ2) is 5.07. The van der Waals surface area contributed by atoms with E-state index in [0.717, 1.165) is 16.8 Å². The maximum Gasteiger partial charge on any atom is 0.164 e. The molecule has 0 fully saturated rings. The zero-order chi connectivity index (χ0) is 11.4. The smallest absolute Gasteiger partial charge is 0.164 e. The molecule has 0 spiro atoms. The van der Waals surface area contributed by atoms with Crippen molar-refractivity contribution >= 4 is 15.9 Å². The van der Waals surface area contributed by atoms with Crippen molar-refractivity contribution in [3.05, 3.63) is 35.1 Å². The average molecular weight is 283 g/mol. The van der Waals surface area contributed by atoms with E-state index in [0.29, 0.717) is 12.4 Å². The molecule has 16 heavy (non-hydrogen) atoms. The molecule has 0 unspecified atom stereocenters. The van der Waals surface area contributed by atoms with E-state index in [1.165, 1.54) is 6.33 Å². The molecule has 0 saturated carbocycles. The van der Waals surface area contributed by atoms with Gasteiger partial charge in [-0.2, -0.15) is 5.10 Å². The van der Waals surface area contributed by atoms with Gasteiger partial charge in [0.2, 0.25) is 0 Å². The summed E-state index contributed by atoms with van der Waals surface area (Å²) in [6.07, 6.45) is 4.90. The van der Waals surface area contributed by atoms with Crippen LogP contribution in [0, 0.1) is 0 Å². The fourth-order valence-electron chi connectivity index (χ4n) is 1.28. The Morgan fingerprint density at radius 1 is 1.44 bits per heavy atom. The Balaban J connectivity index is 2.02. The molecule has 0 atom stereocenters. The lowest BCUT2D eigenvalue weighted by Gasteiger charge is -2.06. The Bertz CT molecular complexity index is 471. The van der Waals surface area contributed by atoms with Gasteiger partial charge in [0.25, 0.3) is 0 Å². The largest absolute Gasteiger partial charge is 0.484 e. The fourth-order valence-corrected chi connectivity index (χ4v) is 1.63. The van der Waals surface area contributed by atoms with Crippen LogP contribution in [-0.4, -0.2) is 19.7 Å². The van der Waals surface area contributed by atoms with Crippen LogP contribution in [0.4, 0.5) is 0 Å². The maximum atomic E-state index is 5.56.